The van der Waals surface area contributed by atoms with Gasteiger partial charge in [0.05, 0.1) is 52.4 Å². The van der Waals surface area contributed by atoms with Gasteiger partial charge in [0.1, 0.15) is 6.79 Å². The number of esters is 1. The minimum atomic E-state index is -2.44. The molecule has 4 rings (SSSR count). The number of carbonyl (C=O) groups excluding carboxylic acids is 2. The van der Waals surface area contributed by atoms with Crippen LogP contribution in [0.2, 0.25) is 43.8 Å². The normalized spacial score (nSPS) is 26.9. The van der Waals surface area contributed by atoms with Gasteiger partial charge in [-0.25, -0.2) is 0 Å². The molecule has 290 valence electrons. The van der Waals surface area contributed by atoms with Crippen molar-refractivity contribution in [2.24, 2.45) is 22.7 Å². The van der Waals surface area contributed by atoms with Crippen molar-refractivity contribution in [1.82, 2.24) is 0 Å². The van der Waals surface area contributed by atoms with Crippen molar-refractivity contribution < 1.29 is 42.8 Å². The van der Waals surface area contributed by atoms with Crippen LogP contribution in [0.5, 0.6) is 0 Å². The van der Waals surface area contributed by atoms with Crippen LogP contribution in [0.1, 0.15) is 51.2 Å². The van der Waals surface area contributed by atoms with Crippen molar-refractivity contribution in [2.45, 2.75) is 109 Å². The van der Waals surface area contributed by atoms with E-state index in [1.165, 1.54) is 7.11 Å². The summed E-state index contributed by atoms with van der Waals surface area (Å²) in [5, 5.41) is 12.2. The number of methoxy groups -OCH3 is 1. The van der Waals surface area contributed by atoms with E-state index in [1.807, 2.05) is 60.7 Å². The maximum atomic E-state index is 14.4. The SMILES string of the molecule is COC(=O)[C@@]1(CO[Si](C)(C)C(C)(C)C)C(=O)C[C@H](O)[C@]2(COCOCC[Si](C)(C)C)[C@@H](COCc3ccccc3)[C@H](OCc3ccccc3)CC[C@@H]12. The van der Waals surface area contributed by atoms with Crippen LogP contribution in [0.4, 0.5) is 0 Å². The number of rotatable bonds is 18. The lowest BCUT2D eigenvalue weighted by molar-refractivity contribution is -0.246. The highest BCUT2D eigenvalue weighted by Crippen LogP contribution is 2.61. The van der Waals surface area contributed by atoms with E-state index < -0.39 is 51.1 Å². The lowest BCUT2D eigenvalue weighted by Gasteiger charge is -2.61. The number of carbonyl (C=O) groups is 2. The molecule has 2 aliphatic rings. The van der Waals surface area contributed by atoms with Gasteiger partial charge in [-0.1, -0.05) is 101 Å². The van der Waals surface area contributed by atoms with Crippen molar-refractivity contribution in [2.75, 3.05) is 40.3 Å². The Labute approximate surface area is 314 Å². The van der Waals surface area contributed by atoms with E-state index in [2.05, 4.69) is 53.5 Å². The summed E-state index contributed by atoms with van der Waals surface area (Å²) < 4.78 is 37.9. The van der Waals surface area contributed by atoms with E-state index in [0.717, 1.165) is 17.2 Å². The third kappa shape index (κ3) is 9.90. The molecule has 0 amide bonds. The predicted octanol–water partition coefficient (Wildman–Crippen LogP) is 7.65. The summed E-state index contributed by atoms with van der Waals surface area (Å²) in [7, 11) is -2.43. The number of ketones is 1. The number of aliphatic hydroxyl groups excluding tert-OH is 1. The Morgan fingerprint density at radius 1 is 0.865 bits per heavy atom. The van der Waals surface area contributed by atoms with Crippen LogP contribution >= 0.6 is 0 Å². The predicted molar refractivity (Wildman–Crippen MR) is 208 cm³/mol. The summed E-state index contributed by atoms with van der Waals surface area (Å²) in [6.45, 7) is 19.0. The average molecular weight is 757 g/mol. The number of Topliss-reactive ketones (excluding diaryl/α,β-unsaturated/α-hetero) is 1. The minimum absolute atomic E-state index is 0.0262. The molecule has 2 aromatic carbocycles. The number of aliphatic hydroxyl groups is 1. The zero-order valence-electron chi connectivity index (χ0n) is 33.1. The van der Waals surface area contributed by atoms with Crippen LogP contribution < -0.4 is 0 Å². The molecule has 0 saturated heterocycles. The molecule has 0 aliphatic heterocycles. The van der Waals surface area contributed by atoms with E-state index in [0.29, 0.717) is 32.7 Å². The molecule has 0 radical (unpaired) electrons. The molecule has 9 nitrogen and oxygen atoms in total. The molecule has 52 heavy (non-hydrogen) atoms. The van der Waals surface area contributed by atoms with Crippen molar-refractivity contribution in [3.8, 4) is 0 Å². The highest BCUT2D eigenvalue weighted by atomic mass is 28.4. The van der Waals surface area contributed by atoms with Crippen LogP contribution in [-0.4, -0.2) is 85.8 Å². The smallest absolute Gasteiger partial charge is 0.322 e. The molecule has 1 N–H and O–H groups in total. The molecular weight excluding hydrogens is 693 g/mol. The number of ether oxygens (including phenoxy) is 5. The molecular formula is C41H64O9Si2. The summed E-state index contributed by atoms with van der Waals surface area (Å²) in [6.07, 6.45) is -0.765. The van der Waals surface area contributed by atoms with Gasteiger partial charge in [0.2, 0.25) is 0 Å². The lowest BCUT2D eigenvalue weighted by atomic mass is 9.45. The van der Waals surface area contributed by atoms with Gasteiger partial charge in [0.25, 0.3) is 0 Å². The zero-order chi connectivity index (χ0) is 38.2. The molecule has 0 spiro atoms. The summed E-state index contributed by atoms with van der Waals surface area (Å²) in [4.78, 5) is 28.7. The molecule has 0 unspecified atom stereocenters. The first-order valence-electron chi connectivity index (χ1n) is 18.8. The van der Waals surface area contributed by atoms with Gasteiger partial charge in [0.15, 0.2) is 19.5 Å². The number of fused-ring (bicyclic) bond motifs is 1. The van der Waals surface area contributed by atoms with Crippen LogP contribution in [0.3, 0.4) is 0 Å². The molecule has 0 bridgehead atoms. The molecule has 6 atom stereocenters. The molecule has 2 aromatic rings. The summed E-state index contributed by atoms with van der Waals surface area (Å²) >= 11 is 0. The Hall–Kier alpha value is -2.23. The van der Waals surface area contributed by atoms with E-state index in [1.54, 1.807) is 0 Å². The monoisotopic (exact) mass is 756 g/mol. The topological polar surface area (TPSA) is 110 Å². The standard InChI is InChI=1S/C41H64O9Si2/c1-39(2,3)52(8,9)50-29-41(38(44)45-4)35-21-20-34(49-26-32-18-14-11-15-19-32)33(27-47-25-31-16-12-10-13-17-31)40(35,36(42)24-37(41)43)28-48-30-46-22-23-51(5,6)7/h10-19,33-36,42H,20-30H2,1-9H3/t33-,34+,35+,36-,40+,41+/m0/s1. The second-order valence-electron chi connectivity index (χ2n) is 17.5. The first-order chi connectivity index (χ1) is 24.5. The largest absolute Gasteiger partial charge is 0.468 e. The number of hydrogen-bond acceptors (Lipinski definition) is 9. The van der Waals surface area contributed by atoms with Gasteiger partial charge in [-0.3, -0.25) is 9.59 Å². The van der Waals surface area contributed by atoms with Gasteiger partial charge in [-0.2, -0.15) is 0 Å². The maximum absolute atomic E-state index is 14.4. The van der Waals surface area contributed by atoms with E-state index in [-0.39, 0.29) is 50.0 Å². The van der Waals surface area contributed by atoms with Crippen LogP contribution in [-0.2, 0) is 50.9 Å². The van der Waals surface area contributed by atoms with Crippen LogP contribution in [0, 0.1) is 22.7 Å². The van der Waals surface area contributed by atoms with E-state index in [4.69, 9.17) is 28.1 Å². The molecule has 11 heteroatoms. The second-order valence-corrected chi connectivity index (χ2v) is 28.0. The van der Waals surface area contributed by atoms with Gasteiger partial charge in [-0.05, 0) is 54.1 Å². The highest BCUT2D eigenvalue weighted by molar-refractivity contribution is 6.76. The Balaban J connectivity index is 1.78. The van der Waals surface area contributed by atoms with Gasteiger partial charge < -0.3 is 33.2 Å². The van der Waals surface area contributed by atoms with Gasteiger partial charge in [0, 0.05) is 32.4 Å². The Bertz CT molecular complexity index is 1430. The minimum Gasteiger partial charge on any atom is -0.468 e. The number of hydrogen-bond donors (Lipinski definition) is 1. The molecule has 0 aromatic heterocycles. The third-order valence-corrected chi connectivity index (χ3v) is 18.0. The maximum Gasteiger partial charge on any atom is 0.322 e. The second kappa shape index (κ2) is 17.9. The first-order valence-corrected chi connectivity index (χ1v) is 25.5. The summed E-state index contributed by atoms with van der Waals surface area (Å²) in [5.74, 6) is -2.10. The fraction of sp³-hybridized carbons (Fsp3) is 0.659. The van der Waals surface area contributed by atoms with Crippen molar-refractivity contribution in [3.63, 3.8) is 0 Å². The molecule has 0 heterocycles. The quantitative estimate of drug-likeness (QED) is 0.0540. The molecule has 2 aliphatic carbocycles. The molecule has 2 saturated carbocycles. The fourth-order valence-corrected chi connectivity index (χ4v) is 9.44. The van der Waals surface area contributed by atoms with Crippen molar-refractivity contribution in [1.29, 1.82) is 0 Å². The van der Waals surface area contributed by atoms with Crippen molar-refractivity contribution >= 4 is 28.1 Å². The van der Waals surface area contributed by atoms with Crippen molar-refractivity contribution in [3.05, 3.63) is 71.8 Å². The number of benzene rings is 2. The van der Waals surface area contributed by atoms with E-state index in [9.17, 15) is 14.7 Å². The Morgan fingerprint density at radius 2 is 1.48 bits per heavy atom. The first kappa shape index (κ1) is 42.5. The summed E-state index contributed by atoms with van der Waals surface area (Å²) in [6, 6.07) is 20.9. The Morgan fingerprint density at radius 3 is 2.06 bits per heavy atom. The van der Waals surface area contributed by atoms with Gasteiger partial charge in [-0.15, -0.1) is 0 Å². The van der Waals surface area contributed by atoms with E-state index >= 15 is 0 Å². The molecule has 2 fully saturated rings. The average Bonchev–Trinajstić information content (AvgIpc) is 3.09. The fourth-order valence-electron chi connectivity index (χ4n) is 7.66. The summed E-state index contributed by atoms with van der Waals surface area (Å²) in [5.41, 5.74) is -0.727. The van der Waals surface area contributed by atoms with Crippen LogP contribution in [0.15, 0.2) is 60.7 Å². The van der Waals surface area contributed by atoms with Crippen LogP contribution in [0.25, 0.3) is 0 Å². The lowest BCUT2D eigenvalue weighted by Crippen LogP contribution is -2.70. The van der Waals surface area contributed by atoms with Gasteiger partial charge >= 0.3 is 5.97 Å². The zero-order valence-corrected chi connectivity index (χ0v) is 35.1. The third-order valence-electron chi connectivity index (χ3n) is 11.9. The highest BCUT2D eigenvalue weighted by Gasteiger charge is 2.70. The Kier molecular flexibility index (Phi) is 14.7.